The molecule has 0 saturated carbocycles. The van der Waals surface area contributed by atoms with E-state index in [0.717, 1.165) is 17.0 Å². The van der Waals surface area contributed by atoms with Crippen molar-refractivity contribution in [2.45, 2.75) is 70.3 Å². The zero-order valence-electron chi connectivity index (χ0n) is 33.1. The van der Waals surface area contributed by atoms with Crippen LogP contribution in [0.25, 0.3) is 10.9 Å². The standard InChI is InChI=1S/C42H43F3N8O7/c1-21(24-15-25(42(43,44)45)17-26(46)16-24)47-37-29-18-34(33(59-3)19-30(29)48-22(2)49-37)60-27-11-14-52(20-27)39(56)23-9-12-51(13-10-23)31-6-4-5-28-36(31)41(58)53(40(28)57)32-7-8-35(54)50-38(32)55/h4-6,15-19,21,23,27,32H,7-14,20,46H2,1-3H3,(H,47,48,49)(H,50,54,55)/t21-,27+,32?/m1/s1. The van der Waals surface area contributed by atoms with Crippen molar-refractivity contribution < 1.29 is 46.6 Å². The summed E-state index contributed by atoms with van der Waals surface area (Å²) in [7, 11) is 1.50. The van der Waals surface area contributed by atoms with Crippen LogP contribution in [0.4, 0.5) is 30.4 Å². The van der Waals surface area contributed by atoms with Crippen LogP contribution in [0.15, 0.2) is 48.5 Å². The third kappa shape index (κ3) is 7.61. The molecular weight excluding hydrogens is 786 g/mol. The molecule has 4 aliphatic heterocycles. The first kappa shape index (κ1) is 40.3. The highest BCUT2D eigenvalue weighted by Gasteiger charge is 2.46. The normalized spacial score (nSPS) is 20.4. The molecule has 3 saturated heterocycles. The maximum Gasteiger partial charge on any atom is 0.416 e. The van der Waals surface area contributed by atoms with E-state index in [1.807, 2.05) is 4.90 Å². The molecule has 3 fully saturated rings. The van der Waals surface area contributed by atoms with Gasteiger partial charge in [0.15, 0.2) is 11.5 Å². The molecule has 8 rings (SSSR count). The second-order valence-corrected chi connectivity index (χ2v) is 15.6. The van der Waals surface area contributed by atoms with Crippen LogP contribution in [0.2, 0.25) is 0 Å². The Morgan fingerprint density at radius 3 is 2.45 bits per heavy atom. The zero-order chi connectivity index (χ0) is 42.6. The summed E-state index contributed by atoms with van der Waals surface area (Å²) in [6, 6.07) is 10.2. The quantitative estimate of drug-likeness (QED) is 0.151. The molecule has 3 aromatic carbocycles. The van der Waals surface area contributed by atoms with Gasteiger partial charge in [0.05, 0.1) is 47.6 Å². The van der Waals surface area contributed by atoms with E-state index in [2.05, 4.69) is 20.6 Å². The van der Waals surface area contributed by atoms with Gasteiger partial charge in [0, 0.05) is 55.5 Å². The number of nitrogens with zero attached hydrogens (tertiary/aromatic N) is 5. The Morgan fingerprint density at radius 2 is 1.73 bits per heavy atom. The zero-order valence-corrected chi connectivity index (χ0v) is 33.1. The topological polar surface area (TPSA) is 189 Å². The van der Waals surface area contributed by atoms with Gasteiger partial charge in [0.2, 0.25) is 17.7 Å². The van der Waals surface area contributed by atoms with Gasteiger partial charge in [-0.05, 0) is 75.1 Å². The number of carbonyl (C=O) groups excluding carboxylic acids is 5. The minimum atomic E-state index is -4.56. The first-order valence-corrected chi connectivity index (χ1v) is 19.7. The Hall–Kier alpha value is -6.46. The van der Waals surface area contributed by atoms with E-state index >= 15 is 0 Å². The third-order valence-corrected chi connectivity index (χ3v) is 11.6. The Morgan fingerprint density at radius 1 is 0.967 bits per heavy atom. The lowest BCUT2D eigenvalue weighted by atomic mass is 9.94. The summed E-state index contributed by atoms with van der Waals surface area (Å²) in [5.41, 5.74) is 6.83. The predicted octanol–water partition coefficient (Wildman–Crippen LogP) is 5.02. The second-order valence-electron chi connectivity index (χ2n) is 15.6. The number of amides is 5. The summed E-state index contributed by atoms with van der Waals surface area (Å²) >= 11 is 0. The molecule has 5 heterocycles. The number of hydrogen-bond donors (Lipinski definition) is 3. The number of imide groups is 2. The van der Waals surface area contributed by atoms with Crippen LogP contribution in [-0.4, -0.2) is 94.7 Å². The summed E-state index contributed by atoms with van der Waals surface area (Å²) in [4.78, 5) is 79.0. The van der Waals surface area contributed by atoms with Gasteiger partial charge in [-0.1, -0.05) is 6.07 Å². The van der Waals surface area contributed by atoms with Crippen molar-refractivity contribution in [3.63, 3.8) is 0 Å². The first-order valence-electron chi connectivity index (χ1n) is 19.7. The molecule has 0 radical (unpaired) electrons. The molecule has 60 heavy (non-hydrogen) atoms. The van der Waals surface area contributed by atoms with Crippen molar-refractivity contribution in [2.75, 3.05) is 49.2 Å². The third-order valence-electron chi connectivity index (χ3n) is 11.6. The number of anilines is 3. The van der Waals surface area contributed by atoms with E-state index in [0.29, 0.717) is 90.7 Å². The lowest BCUT2D eigenvalue weighted by Crippen LogP contribution is -2.54. The number of nitrogens with one attached hydrogen (secondary N) is 2. The number of nitrogens with two attached hydrogens (primary N) is 1. The molecule has 4 aliphatic rings. The minimum absolute atomic E-state index is 0.000572. The number of ether oxygens (including phenoxy) is 2. The van der Waals surface area contributed by atoms with Crippen LogP contribution in [0.1, 0.15) is 82.7 Å². The number of likely N-dealkylation sites (tertiary alicyclic amines) is 1. The SMILES string of the molecule is COc1cc2nc(C)nc(N[C@H](C)c3cc(N)cc(C(F)(F)F)c3)c2cc1O[C@H]1CCN(C(=O)C2CCN(c3cccc4c3C(=O)N(C3CCC(=O)NC3=O)C4=O)CC2)C1. The molecule has 1 unspecified atom stereocenters. The van der Waals surface area contributed by atoms with Crippen molar-refractivity contribution >= 4 is 57.6 Å². The lowest BCUT2D eigenvalue weighted by molar-refractivity contribution is -0.138. The number of aromatic nitrogens is 2. The molecule has 18 heteroatoms. The lowest BCUT2D eigenvalue weighted by Gasteiger charge is -2.35. The highest BCUT2D eigenvalue weighted by atomic mass is 19.4. The monoisotopic (exact) mass is 828 g/mol. The fourth-order valence-electron chi connectivity index (χ4n) is 8.58. The molecule has 5 amide bonds. The van der Waals surface area contributed by atoms with E-state index in [-0.39, 0.29) is 47.6 Å². The van der Waals surface area contributed by atoms with Gasteiger partial charge in [-0.15, -0.1) is 0 Å². The van der Waals surface area contributed by atoms with E-state index in [1.54, 1.807) is 49.1 Å². The van der Waals surface area contributed by atoms with Gasteiger partial charge in [-0.2, -0.15) is 13.2 Å². The largest absolute Gasteiger partial charge is 0.493 e. The number of benzene rings is 3. The molecule has 0 aliphatic carbocycles. The highest BCUT2D eigenvalue weighted by molar-refractivity contribution is 6.25. The molecule has 0 bridgehead atoms. The Kier molecular flexibility index (Phi) is 10.5. The molecule has 1 aromatic heterocycles. The van der Waals surface area contributed by atoms with Crippen molar-refractivity contribution in [1.29, 1.82) is 0 Å². The number of halogens is 3. The average Bonchev–Trinajstić information content (AvgIpc) is 3.78. The Labute approximate surface area is 342 Å². The molecular formula is C42H43F3N8O7. The van der Waals surface area contributed by atoms with Crippen LogP contribution in [0.5, 0.6) is 11.5 Å². The van der Waals surface area contributed by atoms with Gasteiger partial charge >= 0.3 is 6.18 Å². The minimum Gasteiger partial charge on any atom is -0.493 e. The molecule has 15 nitrogen and oxygen atoms in total. The number of piperidine rings is 2. The molecule has 314 valence electrons. The van der Waals surface area contributed by atoms with E-state index < -0.39 is 47.5 Å². The number of nitrogen functional groups attached to an aromatic ring is 1. The van der Waals surface area contributed by atoms with E-state index in [9.17, 15) is 37.1 Å². The number of alkyl halides is 3. The van der Waals surface area contributed by atoms with Gasteiger partial charge in [-0.3, -0.25) is 34.2 Å². The van der Waals surface area contributed by atoms with Crippen LogP contribution >= 0.6 is 0 Å². The summed E-state index contributed by atoms with van der Waals surface area (Å²) in [6.07, 6.45) is -3.24. The highest BCUT2D eigenvalue weighted by Crippen LogP contribution is 2.39. The summed E-state index contributed by atoms with van der Waals surface area (Å²) < 4.78 is 52.8. The fourth-order valence-corrected chi connectivity index (χ4v) is 8.58. The summed E-state index contributed by atoms with van der Waals surface area (Å²) in [5.74, 6) is -0.914. The molecule has 0 spiro atoms. The van der Waals surface area contributed by atoms with Gasteiger partial charge in [0.25, 0.3) is 11.8 Å². The Bertz CT molecular complexity index is 2440. The fraction of sp³-hybridized carbons (Fsp3) is 0.405. The van der Waals surface area contributed by atoms with Crippen LogP contribution < -0.4 is 30.7 Å². The number of methoxy groups -OCH3 is 1. The summed E-state index contributed by atoms with van der Waals surface area (Å²) in [6.45, 7) is 5.16. The van der Waals surface area contributed by atoms with Gasteiger partial charge in [0.1, 0.15) is 23.8 Å². The number of fused-ring (bicyclic) bond motifs is 2. The van der Waals surface area contributed by atoms with E-state index in [1.165, 1.54) is 13.2 Å². The van der Waals surface area contributed by atoms with Crippen molar-refractivity contribution in [2.24, 2.45) is 5.92 Å². The van der Waals surface area contributed by atoms with Crippen molar-refractivity contribution in [3.8, 4) is 11.5 Å². The van der Waals surface area contributed by atoms with Crippen LogP contribution in [0.3, 0.4) is 0 Å². The number of hydrogen-bond acceptors (Lipinski definition) is 12. The van der Waals surface area contributed by atoms with Gasteiger partial charge in [-0.25, -0.2) is 9.97 Å². The second kappa shape index (κ2) is 15.6. The number of rotatable bonds is 9. The number of aryl methyl sites for hydroxylation is 1. The maximum atomic E-state index is 13.9. The van der Waals surface area contributed by atoms with Gasteiger partial charge < -0.3 is 30.3 Å². The van der Waals surface area contributed by atoms with Crippen LogP contribution in [-0.2, 0) is 20.6 Å². The van der Waals surface area contributed by atoms with Crippen molar-refractivity contribution in [3.05, 3.63) is 76.6 Å². The molecule has 4 N–H and O–H groups in total. The summed E-state index contributed by atoms with van der Waals surface area (Å²) in [5, 5.41) is 6.00. The Balaban J connectivity index is 0.924. The maximum absolute atomic E-state index is 13.9. The average molecular weight is 829 g/mol. The smallest absolute Gasteiger partial charge is 0.416 e. The van der Waals surface area contributed by atoms with Crippen LogP contribution in [0, 0.1) is 12.8 Å². The first-order chi connectivity index (χ1) is 28.6. The predicted molar refractivity (Wildman–Crippen MR) is 212 cm³/mol. The van der Waals surface area contributed by atoms with Crippen molar-refractivity contribution in [1.82, 2.24) is 25.1 Å². The molecule has 4 aromatic rings. The molecule has 3 atom stereocenters. The number of carbonyl (C=O) groups is 5. The van der Waals surface area contributed by atoms with E-state index in [4.69, 9.17) is 15.2 Å².